The predicted molar refractivity (Wildman–Crippen MR) is 91.6 cm³/mol. The van der Waals surface area contributed by atoms with Gasteiger partial charge in [0.05, 0.1) is 0 Å². The van der Waals surface area contributed by atoms with Gasteiger partial charge in [0.15, 0.2) is 0 Å². The van der Waals surface area contributed by atoms with Crippen LogP contribution in [0.3, 0.4) is 0 Å². The average molecular weight is 317 g/mol. The number of likely N-dealkylation sites (tertiary alicyclic amines) is 1. The lowest BCUT2D eigenvalue weighted by Gasteiger charge is -2.20. The van der Waals surface area contributed by atoms with Crippen LogP contribution < -0.4 is 10.2 Å². The third-order valence-corrected chi connectivity index (χ3v) is 4.69. The first-order valence-electron chi connectivity index (χ1n) is 8.91. The average Bonchev–Trinajstić information content (AvgIpc) is 2.97. The van der Waals surface area contributed by atoms with E-state index in [1.165, 1.54) is 25.7 Å². The van der Waals surface area contributed by atoms with Gasteiger partial charge >= 0.3 is 0 Å². The number of anilines is 2. The maximum Gasteiger partial charge on any atom is 0.224 e. The van der Waals surface area contributed by atoms with Gasteiger partial charge in [-0.2, -0.15) is 0 Å². The fraction of sp³-hybridized carbons (Fsp3) is 0.706. The standard InChI is InChI=1S/C17H27N5O/c23-17(22-11-3-1-2-4-12-22)7-8-18-15-13-16(20-14-19-15)21-9-5-6-10-21/h13-14H,1-12H2,(H,18,19,20). The molecule has 1 N–H and O–H groups in total. The van der Waals surface area contributed by atoms with E-state index < -0.39 is 0 Å². The maximum absolute atomic E-state index is 12.3. The van der Waals surface area contributed by atoms with Crippen molar-refractivity contribution in [3.05, 3.63) is 12.4 Å². The van der Waals surface area contributed by atoms with Crippen molar-refractivity contribution in [3.63, 3.8) is 0 Å². The first kappa shape index (κ1) is 16.0. The lowest BCUT2D eigenvalue weighted by atomic mass is 10.2. The zero-order chi connectivity index (χ0) is 15.9. The van der Waals surface area contributed by atoms with Crippen molar-refractivity contribution in [2.45, 2.75) is 44.9 Å². The summed E-state index contributed by atoms with van der Waals surface area (Å²) in [4.78, 5) is 25.2. The first-order chi connectivity index (χ1) is 11.3. The second-order valence-corrected chi connectivity index (χ2v) is 6.43. The third kappa shape index (κ3) is 4.56. The van der Waals surface area contributed by atoms with Crippen molar-refractivity contribution in [1.82, 2.24) is 14.9 Å². The maximum atomic E-state index is 12.3. The van der Waals surface area contributed by atoms with E-state index in [0.717, 1.165) is 50.7 Å². The van der Waals surface area contributed by atoms with E-state index >= 15 is 0 Å². The summed E-state index contributed by atoms with van der Waals surface area (Å²) in [7, 11) is 0. The fourth-order valence-electron chi connectivity index (χ4n) is 3.34. The largest absolute Gasteiger partial charge is 0.369 e. The summed E-state index contributed by atoms with van der Waals surface area (Å²) in [6.07, 6.45) is 9.39. The van der Waals surface area contributed by atoms with Gasteiger partial charge in [-0.05, 0) is 25.7 Å². The van der Waals surface area contributed by atoms with Crippen molar-refractivity contribution in [2.75, 3.05) is 42.9 Å². The molecular formula is C17H27N5O. The van der Waals surface area contributed by atoms with E-state index in [0.29, 0.717) is 13.0 Å². The van der Waals surface area contributed by atoms with E-state index in [1.54, 1.807) is 6.33 Å². The van der Waals surface area contributed by atoms with E-state index in [9.17, 15) is 4.79 Å². The molecule has 2 saturated heterocycles. The van der Waals surface area contributed by atoms with E-state index in [4.69, 9.17) is 0 Å². The summed E-state index contributed by atoms with van der Waals surface area (Å²) in [5.74, 6) is 2.05. The van der Waals surface area contributed by atoms with Crippen molar-refractivity contribution in [3.8, 4) is 0 Å². The Hall–Kier alpha value is -1.85. The van der Waals surface area contributed by atoms with Crippen LogP contribution in [0, 0.1) is 0 Å². The molecule has 2 fully saturated rings. The number of nitrogens with one attached hydrogen (secondary N) is 1. The lowest BCUT2D eigenvalue weighted by Crippen LogP contribution is -2.32. The summed E-state index contributed by atoms with van der Waals surface area (Å²) >= 11 is 0. The molecule has 0 radical (unpaired) electrons. The molecule has 0 saturated carbocycles. The molecule has 2 aliphatic rings. The number of aromatic nitrogens is 2. The zero-order valence-electron chi connectivity index (χ0n) is 13.8. The van der Waals surface area contributed by atoms with Gasteiger partial charge in [0.25, 0.3) is 0 Å². The molecular weight excluding hydrogens is 290 g/mol. The Bertz CT molecular complexity index is 507. The molecule has 1 amide bonds. The molecule has 0 bridgehead atoms. The van der Waals surface area contributed by atoms with Crippen LogP contribution in [0.15, 0.2) is 12.4 Å². The van der Waals surface area contributed by atoms with Gasteiger partial charge in [0.1, 0.15) is 18.0 Å². The van der Waals surface area contributed by atoms with Gasteiger partial charge in [0, 0.05) is 45.2 Å². The topological polar surface area (TPSA) is 61.4 Å². The Morgan fingerprint density at radius 2 is 1.70 bits per heavy atom. The van der Waals surface area contributed by atoms with E-state index in [2.05, 4.69) is 20.2 Å². The van der Waals surface area contributed by atoms with Gasteiger partial charge in [-0.1, -0.05) is 12.8 Å². The van der Waals surface area contributed by atoms with E-state index in [1.807, 2.05) is 11.0 Å². The van der Waals surface area contributed by atoms with Gasteiger partial charge in [0.2, 0.25) is 5.91 Å². The van der Waals surface area contributed by atoms with Crippen LogP contribution in [0.5, 0.6) is 0 Å². The highest BCUT2D eigenvalue weighted by Gasteiger charge is 2.16. The van der Waals surface area contributed by atoms with Crippen LogP contribution in [-0.4, -0.2) is 53.5 Å². The molecule has 3 rings (SSSR count). The number of carbonyl (C=O) groups excluding carboxylic acids is 1. The number of carbonyl (C=O) groups is 1. The number of amides is 1. The molecule has 126 valence electrons. The molecule has 3 heterocycles. The quantitative estimate of drug-likeness (QED) is 0.903. The highest BCUT2D eigenvalue weighted by Crippen LogP contribution is 2.19. The molecule has 0 atom stereocenters. The minimum Gasteiger partial charge on any atom is -0.369 e. The minimum absolute atomic E-state index is 0.258. The van der Waals surface area contributed by atoms with Gasteiger partial charge in [-0.3, -0.25) is 4.79 Å². The normalized spacial score (nSPS) is 18.8. The molecule has 1 aromatic heterocycles. The van der Waals surface area contributed by atoms with Gasteiger partial charge < -0.3 is 15.1 Å². The Balaban J connectivity index is 1.46. The molecule has 6 heteroatoms. The third-order valence-electron chi connectivity index (χ3n) is 4.69. The molecule has 0 aromatic carbocycles. The van der Waals surface area contributed by atoms with Crippen LogP contribution in [0.2, 0.25) is 0 Å². The molecule has 23 heavy (non-hydrogen) atoms. The SMILES string of the molecule is O=C(CCNc1cc(N2CCCC2)ncn1)N1CCCCCC1. The van der Waals surface area contributed by atoms with Crippen molar-refractivity contribution in [2.24, 2.45) is 0 Å². The first-order valence-corrected chi connectivity index (χ1v) is 8.91. The number of rotatable bonds is 5. The molecule has 1 aromatic rings. The number of hydrogen-bond donors (Lipinski definition) is 1. The monoisotopic (exact) mass is 317 g/mol. The van der Waals surface area contributed by atoms with Crippen LogP contribution in [0.4, 0.5) is 11.6 Å². The predicted octanol–water partition coefficient (Wildman–Crippen LogP) is 2.28. The molecule has 0 spiro atoms. The Morgan fingerprint density at radius 3 is 2.43 bits per heavy atom. The lowest BCUT2D eigenvalue weighted by molar-refractivity contribution is -0.130. The smallest absolute Gasteiger partial charge is 0.224 e. The van der Waals surface area contributed by atoms with Gasteiger partial charge in [-0.15, -0.1) is 0 Å². The van der Waals surface area contributed by atoms with Crippen LogP contribution in [-0.2, 0) is 4.79 Å². The molecule has 0 aliphatic carbocycles. The summed E-state index contributed by atoms with van der Waals surface area (Å²) in [5.41, 5.74) is 0. The summed E-state index contributed by atoms with van der Waals surface area (Å²) in [6.45, 7) is 4.62. The Labute approximate surface area is 138 Å². The highest BCUT2D eigenvalue weighted by atomic mass is 16.2. The number of nitrogens with zero attached hydrogens (tertiary/aromatic N) is 4. The van der Waals surface area contributed by atoms with Crippen LogP contribution in [0.25, 0.3) is 0 Å². The molecule has 0 unspecified atom stereocenters. The summed E-state index contributed by atoms with van der Waals surface area (Å²) < 4.78 is 0. The zero-order valence-corrected chi connectivity index (χ0v) is 13.8. The van der Waals surface area contributed by atoms with Crippen molar-refractivity contribution in [1.29, 1.82) is 0 Å². The van der Waals surface area contributed by atoms with Crippen LogP contribution in [0.1, 0.15) is 44.9 Å². The Kier molecular flexibility index (Phi) is 5.66. The van der Waals surface area contributed by atoms with Gasteiger partial charge in [-0.25, -0.2) is 9.97 Å². The molecule has 6 nitrogen and oxygen atoms in total. The summed E-state index contributed by atoms with van der Waals surface area (Å²) in [5, 5.41) is 3.27. The molecule has 2 aliphatic heterocycles. The second-order valence-electron chi connectivity index (χ2n) is 6.43. The van der Waals surface area contributed by atoms with Crippen LogP contribution >= 0.6 is 0 Å². The Morgan fingerprint density at radius 1 is 1.00 bits per heavy atom. The number of hydrogen-bond acceptors (Lipinski definition) is 5. The van der Waals surface area contributed by atoms with Crippen molar-refractivity contribution < 1.29 is 4.79 Å². The van der Waals surface area contributed by atoms with E-state index in [-0.39, 0.29) is 5.91 Å². The fourth-order valence-corrected chi connectivity index (χ4v) is 3.34. The highest BCUT2D eigenvalue weighted by molar-refractivity contribution is 5.76. The summed E-state index contributed by atoms with van der Waals surface area (Å²) in [6, 6.07) is 1.99. The second kappa shape index (κ2) is 8.13. The van der Waals surface area contributed by atoms with Crippen molar-refractivity contribution >= 4 is 17.5 Å². The minimum atomic E-state index is 0.258.